The predicted molar refractivity (Wildman–Crippen MR) is 30.7 cm³/mol. The van der Waals surface area contributed by atoms with Gasteiger partial charge in [0.2, 0.25) is 0 Å². The Labute approximate surface area is 47.5 Å². The van der Waals surface area contributed by atoms with Crippen molar-refractivity contribution in [1.29, 1.82) is 0 Å². The van der Waals surface area contributed by atoms with E-state index in [2.05, 4.69) is 5.20 Å². The molecule has 0 spiro atoms. The smallest absolute Gasteiger partial charge is 0.270 e. The van der Waals surface area contributed by atoms with Crippen LogP contribution in [0.25, 0.3) is 0 Å². The fourth-order valence-electron chi connectivity index (χ4n) is 0.371. The van der Waals surface area contributed by atoms with Crippen LogP contribution in [0.15, 0.2) is 0 Å². The molecule has 0 unspecified atom stereocenters. The van der Waals surface area contributed by atoms with Gasteiger partial charge in [-0.25, -0.2) is 5.01 Å². The molecule has 1 heterocycles. The summed E-state index contributed by atoms with van der Waals surface area (Å²) < 4.78 is 10.5. The van der Waals surface area contributed by atoms with Gasteiger partial charge in [-0.3, -0.25) is 15.6 Å². The highest BCUT2D eigenvalue weighted by molar-refractivity contribution is 7.56. The zero-order valence-corrected chi connectivity index (χ0v) is 5.27. The quantitative estimate of drug-likeness (QED) is 0.329. The van der Waals surface area contributed by atoms with Crippen LogP contribution >= 0.6 is 7.59 Å². The molecule has 5 nitrogen and oxygen atoms in total. The number of nitrogens with zero attached hydrogens (tertiary/aromatic N) is 1. The van der Waals surface area contributed by atoms with Crippen LogP contribution in [0.2, 0.25) is 0 Å². The zero-order chi connectivity index (χ0) is 6.20. The maximum Gasteiger partial charge on any atom is 0.287 e. The van der Waals surface area contributed by atoms with Crippen LogP contribution in [0.1, 0.15) is 0 Å². The highest BCUT2D eigenvalue weighted by Crippen LogP contribution is 2.20. The van der Waals surface area contributed by atoms with Gasteiger partial charge >= 0.3 is 0 Å². The van der Waals surface area contributed by atoms with Crippen molar-refractivity contribution >= 4 is 7.59 Å². The highest BCUT2D eigenvalue weighted by atomic mass is 31.2. The Balaban J connectivity index is 2.26. The van der Waals surface area contributed by atoms with Crippen molar-refractivity contribution in [2.45, 2.75) is 0 Å². The standard InChI is InChI=1S/C2H9N4OP/c3-8(4,7)5-6-1-2-6/h1-2H2,(H5,3,4,5,7). The Morgan fingerprint density at radius 2 is 2.00 bits per heavy atom. The first-order chi connectivity index (χ1) is 3.58. The summed E-state index contributed by atoms with van der Waals surface area (Å²) in [5, 5.41) is 4.13. The number of nitrogens with two attached hydrogens (primary N) is 2. The minimum absolute atomic E-state index is 0.887. The van der Waals surface area contributed by atoms with Gasteiger partial charge in [0.15, 0.2) is 0 Å². The molecule has 5 N–H and O–H groups in total. The molecule has 1 fully saturated rings. The highest BCUT2D eigenvalue weighted by Gasteiger charge is 2.22. The molecule has 0 atom stereocenters. The zero-order valence-electron chi connectivity index (χ0n) is 4.37. The molecule has 0 aromatic carbocycles. The lowest BCUT2D eigenvalue weighted by molar-refractivity contribution is 0.483. The third-order valence-corrected chi connectivity index (χ3v) is 1.34. The third-order valence-electron chi connectivity index (χ3n) is 0.745. The normalized spacial score (nSPS) is 21.2. The van der Waals surface area contributed by atoms with Crippen LogP contribution < -0.4 is 16.2 Å². The van der Waals surface area contributed by atoms with E-state index in [1.165, 1.54) is 0 Å². The van der Waals surface area contributed by atoms with Crippen molar-refractivity contribution in [3.05, 3.63) is 0 Å². The summed E-state index contributed by atoms with van der Waals surface area (Å²) in [5.41, 5.74) is 9.91. The van der Waals surface area contributed by atoms with Gasteiger partial charge in [0.1, 0.15) is 0 Å². The van der Waals surface area contributed by atoms with Gasteiger partial charge in [-0.05, 0) is 0 Å². The van der Waals surface area contributed by atoms with Crippen LogP contribution in [0.4, 0.5) is 0 Å². The van der Waals surface area contributed by atoms with Crippen LogP contribution in [0.5, 0.6) is 0 Å². The topological polar surface area (TPSA) is 84.2 Å². The largest absolute Gasteiger partial charge is 0.287 e. The molecule has 0 saturated carbocycles. The average Bonchev–Trinajstić information content (AvgIpc) is 2.12. The molecule has 1 saturated heterocycles. The second-order valence-corrected chi connectivity index (χ2v) is 3.42. The molecule has 1 aliphatic heterocycles. The van der Waals surface area contributed by atoms with Crippen molar-refractivity contribution in [3.63, 3.8) is 0 Å². The van der Waals surface area contributed by atoms with Crippen molar-refractivity contribution in [2.24, 2.45) is 11.0 Å². The van der Waals surface area contributed by atoms with E-state index >= 15 is 0 Å². The van der Waals surface area contributed by atoms with Crippen molar-refractivity contribution in [1.82, 2.24) is 10.2 Å². The van der Waals surface area contributed by atoms with E-state index in [-0.39, 0.29) is 0 Å². The number of hydrazine groups is 1. The Bertz CT molecular complexity index is 126. The molecule has 1 aliphatic rings. The SMILES string of the molecule is NP(N)(=O)NN1CC1. The van der Waals surface area contributed by atoms with E-state index in [0.717, 1.165) is 13.1 Å². The molecule has 0 bridgehead atoms. The van der Waals surface area contributed by atoms with Gasteiger partial charge in [0.05, 0.1) is 0 Å². The van der Waals surface area contributed by atoms with Crippen LogP contribution in [-0.2, 0) is 4.57 Å². The monoisotopic (exact) mass is 136 g/mol. The van der Waals surface area contributed by atoms with Crippen LogP contribution in [-0.4, -0.2) is 18.1 Å². The van der Waals surface area contributed by atoms with E-state index < -0.39 is 7.59 Å². The lowest BCUT2D eigenvalue weighted by Crippen LogP contribution is -2.26. The fourth-order valence-corrected chi connectivity index (χ4v) is 1.01. The molecule has 0 aliphatic carbocycles. The van der Waals surface area contributed by atoms with E-state index in [1.807, 2.05) is 0 Å². The maximum absolute atomic E-state index is 10.5. The first-order valence-corrected chi connectivity index (χ1v) is 4.12. The molecular weight excluding hydrogens is 127 g/mol. The van der Waals surface area contributed by atoms with E-state index in [0.29, 0.717) is 0 Å². The Hall–Kier alpha value is 0.0700. The van der Waals surface area contributed by atoms with Crippen LogP contribution in [0.3, 0.4) is 0 Å². The Morgan fingerprint density at radius 3 is 2.12 bits per heavy atom. The summed E-state index contributed by atoms with van der Waals surface area (Å²) in [6, 6.07) is 0. The summed E-state index contributed by atoms with van der Waals surface area (Å²) in [4.78, 5) is 0. The van der Waals surface area contributed by atoms with Gasteiger partial charge in [-0.15, -0.1) is 0 Å². The van der Waals surface area contributed by atoms with Gasteiger partial charge in [-0.2, -0.15) is 5.20 Å². The van der Waals surface area contributed by atoms with Crippen molar-refractivity contribution < 1.29 is 4.57 Å². The van der Waals surface area contributed by atoms with Gasteiger partial charge in [-0.1, -0.05) is 0 Å². The number of hydrogen-bond acceptors (Lipinski definition) is 2. The molecular formula is C2H9N4OP. The first kappa shape index (κ1) is 6.19. The van der Waals surface area contributed by atoms with Crippen molar-refractivity contribution in [3.8, 4) is 0 Å². The predicted octanol–water partition coefficient (Wildman–Crippen LogP) is -1.17. The fraction of sp³-hybridized carbons (Fsp3) is 1.00. The minimum Gasteiger partial charge on any atom is -0.270 e. The maximum atomic E-state index is 10.5. The van der Waals surface area contributed by atoms with Crippen LogP contribution in [0, 0.1) is 0 Å². The summed E-state index contributed by atoms with van der Waals surface area (Å²) in [6.07, 6.45) is 0. The second-order valence-electron chi connectivity index (χ2n) is 1.80. The lowest BCUT2D eigenvalue weighted by atomic mass is 11.0. The molecule has 6 heteroatoms. The van der Waals surface area contributed by atoms with Crippen molar-refractivity contribution in [2.75, 3.05) is 13.1 Å². The Morgan fingerprint density at radius 1 is 1.50 bits per heavy atom. The number of rotatable bonds is 2. The first-order valence-electron chi connectivity index (χ1n) is 2.28. The average molecular weight is 136 g/mol. The molecule has 0 aromatic rings. The Kier molecular flexibility index (Phi) is 1.38. The summed E-state index contributed by atoms with van der Waals surface area (Å²) >= 11 is 0. The minimum atomic E-state index is -2.98. The molecule has 48 valence electrons. The summed E-state index contributed by atoms with van der Waals surface area (Å²) in [7, 11) is -2.98. The number of hydrogen-bond donors (Lipinski definition) is 3. The molecule has 8 heavy (non-hydrogen) atoms. The molecule has 1 rings (SSSR count). The summed E-state index contributed by atoms with van der Waals surface area (Å²) in [6.45, 7) is 1.77. The number of nitrogens with one attached hydrogen (secondary N) is 1. The van der Waals surface area contributed by atoms with E-state index in [1.54, 1.807) is 5.01 Å². The molecule has 0 amide bonds. The second kappa shape index (κ2) is 1.79. The molecule has 0 radical (unpaired) electrons. The van der Waals surface area contributed by atoms with Gasteiger partial charge in [0.25, 0.3) is 7.59 Å². The lowest BCUT2D eigenvalue weighted by Gasteiger charge is -2.06. The van der Waals surface area contributed by atoms with E-state index in [4.69, 9.17) is 11.0 Å². The van der Waals surface area contributed by atoms with E-state index in [9.17, 15) is 4.57 Å². The van der Waals surface area contributed by atoms with Gasteiger partial charge < -0.3 is 0 Å². The van der Waals surface area contributed by atoms with Gasteiger partial charge in [0, 0.05) is 13.1 Å². The summed E-state index contributed by atoms with van der Waals surface area (Å²) in [5.74, 6) is 0. The molecule has 0 aromatic heterocycles. The third kappa shape index (κ3) is 2.40.